The Bertz CT molecular complexity index is 391. The maximum atomic E-state index is 12.2. The zero-order valence-corrected chi connectivity index (χ0v) is 11.3. The number of hydrogen-bond acceptors (Lipinski definition) is 4. The van der Waals surface area contributed by atoms with Crippen LogP contribution in [0.4, 0.5) is 5.69 Å². The van der Waals surface area contributed by atoms with Crippen LogP contribution in [0.2, 0.25) is 0 Å². The van der Waals surface area contributed by atoms with Gasteiger partial charge in [0, 0.05) is 24.6 Å². The van der Waals surface area contributed by atoms with E-state index in [1.807, 2.05) is 19.1 Å². The molecule has 5 heteroatoms. The second-order valence-electron chi connectivity index (χ2n) is 4.60. The molecule has 0 aliphatic carbocycles. The van der Waals surface area contributed by atoms with Crippen LogP contribution in [0.3, 0.4) is 0 Å². The third kappa shape index (κ3) is 4.01. The number of likely N-dealkylation sites (N-methyl/N-ethyl adjacent to an activating group) is 1. The minimum Gasteiger partial charge on any atom is -0.368 e. The van der Waals surface area contributed by atoms with Crippen LogP contribution in [-0.2, 0) is 9.53 Å². The number of piperidine rings is 1. The first-order valence-corrected chi connectivity index (χ1v) is 6.84. The summed E-state index contributed by atoms with van der Waals surface area (Å²) >= 11 is 0. The number of amides is 1. The molecule has 1 aliphatic heterocycles. The molecule has 1 aromatic heterocycles. The van der Waals surface area contributed by atoms with Crippen LogP contribution in [-0.4, -0.2) is 43.2 Å². The van der Waals surface area contributed by atoms with E-state index in [1.54, 1.807) is 17.3 Å². The largest absolute Gasteiger partial charge is 0.368 e. The molecule has 1 aliphatic rings. The van der Waals surface area contributed by atoms with E-state index < -0.39 is 0 Å². The van der Waals surface area contributed by atoms with E-state index in [2.05, 4.69) is 10.3 Å². The van der Waals surface area contributed by atoms with Gasteiger partial charge in [0.1, 0.15) is 6.61 Å². The highest BCUT2D eigenvalue weighted by Crippen LogP contribution is 2.13. The molecule has 0 aromatic carbocycles. The van der Waals surface area contributed by atoms with E-state index >= 15 is 0 Å². The summed E-state index contributed by atoms with van der Waals surface area (Å²) < 4.78 is 5.70. The molecule has 0 spiro atoms. The van der Waals surface area contributed by atoms with Crippen molar-refractivity contribution >= 4 is 11.6 Å². The number of carbonyl (C=O) groups is 1. The lowest BCUT2D eigenvalue weighted by Gasteiger charge is -2.25. The highest BCUT2D eigenvalue weighted by atomic mass is 16.5. The maximum Gasteiger partial charge on any atom is 0.252 e. The summed E-state index contributed by atoms with van der Waals surface area (Å²) in [6.45, 7) is 4.70. The van der Waals surface area contributed by atoms with Crippen molar-refractivity contribution in [2.75, 3.05) is 31.1 Å². The number of carbonyl (C=O) groups excluding carboxylic acids is 1. The van der Waals surface area contributed by atoms with E-state index in [0.717, 1.165) is 31.6 Å². The lowest BCUT2D eigenvalue weighted by Crippen LogP contribution is -2.38. The van der Waals surface area contributed by atoms with Crippen molar-refractivity contribution in [2.24, 2.45) is 0 Å². The average Bonchev–Trinajstić information content (AvgIpc) is 2.48. The van der Waals surface area contributed by atoms with E-state index in [1.165, 1.54) is 0 Å². The van der Waals surface area contributed by atoms with E-state index in [4.69, 9.17) is 4.74 Å². The second-order valence-corrected chi connectivity index (χ2v) is 4.60. The average molecular weight is 263 g/mol. The van der Waals surface area contributed by atoms with Gasteiger partial charge in [-0.3, -0.25) is 9.78 Å². The summed E-state index contributed by atoms with van der Waals surface area (Å²) in [5.41, 5.74) is 0.872. The molecule has 0 radical (unpaired) electrons. The summed E-state index contributed by atoms with van der Waals surface area (Å²) in [5.74, 6) is 0.00670. The fraction of sp³-hybridized carbons (Fsp3) is 0.571. The summed E-state index contributed by atoms with van der Waals surface area (Å²) in [4.78, 5) is 17.9. The standard InChI is InChI=1S/C14H21N3O2/c1-2-17(12-3-7-15-8-4-12)14(18)11-19-13-5-9-16-10-6-13/h3-4,7-8,13,16H,2,5-6,9-11H2,1H3. The molecule has 1 saturated heterocycles. The van der Waals surface area contributed by atoms with Crippen molar-refractivity contribution in [1.29, 1.82) is 0 Å². The van der Waals surface area contributed by atoms with Gasteiger partial charge in [-0.1, -0.05) is 0 Å². The molecule has 0 unspecified atom stereocenters. The lowest BCUT2D eigenvalue weighted by molar-refractivity contribution is -0.125. The van der Waals surface area contributed by atoms with Crippen molar-refractivity contribution in [3.8, 4) is 0 Å². The highest BCUT2D eigenvalue weighted by Gasteiger charge is 2.18. The van der Waals surface area contributed by atoms with Gasteiger partial charge in [0.2, 0.25) is 0 Å². The minimum absolute atomic E-state index is 0.00670. The van der Waals surface area contributed by atoms with Gasteiger partial charge >= 0.3 is 0 Å². The number of nitrogens with one attached hydrogen (secondary N) is 1. The van der Waals surface area contributed by atoms with Crippen LogP contribution in [0.25, 0.3) is 0 Å². The number of hydrogen-bond donors (Lipinski definition) is 1. The van der Waals surface area contributed by atoms with E-state index in [0.29, 0.717) is 6.54 Å². The van der Waals surface area contributed by atoms with Crippen molar-refractivity contribution in [2.45, 2.75) is 25.9 Å². The summed E-state index contributed by atoms with van der Waals surface area (Å²) in [6.07, 6.45) is 5.56. The highest BCUT2D eigenvalue weighted by molar-refractivity contribution is 5.94. The van der Waals surface area contributed by atoms with Gasteiger partial charge in [-0.2, -0.15) is 0 Å². The first kappa shape index (κ1) is 14.0. The molecular formula is C14H21N3O2. The van der Waals surface area contributed by atoms with Gasteiger partial charge in [-0.25, -0.2) is 0 Å². The maximum absolute atomic E-state index is 12.2. The Morgan fingerprint density at radius 3 is 2.74 bits per heavy atom. The Balaban J connectivity index is 1.86. The first-order chi connectivity index (χ1) is 9.31. The number of nitrogens with zero attached hydrogens (tertiary/aromatic N) is 2. The molecule has 1 amide bonds. The fourth-order valence-electron chi connectivity index (χ4n) is 2.26. The van der Waals surface area contributed by atoms with Gasteiger partial charge in [-0.05, 0) is 45.0 Å². The molecule has 104 valence electrons. The predicted octanol–water partition coefficient (Wildman–Crippen LogP) is 1.20. The molecule has 1 fully saturated rings. The summed E-state index contributed by atoms with van der Waals surface area (Å²) in [6, 6.07) is 3.68. The molecule has 0 atom stereocenters. The zero-order chi connectivity index (χ0) is 13.5. The van der Waals surface area contributed by atoms with Gasteiger partial charge in [0.15, 0.2) is 0 Å². The molecule has 19 heavy (non-hydrogen) atoms. The Morgan fingerprint density at radius 2 is 2.11 bits per heavy atom. The summed E-state index contributed by atoms with van der Waals surface area (Å²) in [7, 11) is 0. The van der Waals surface area contributed by atoms with E-state index in [9.17, 15) is 4.79 Å². The van der Waals surface area contributed by atoms with Crippen molar-refractivity contribution in [1.82, 2.24) is 10.3 Å². The van der Waals surface area contributed by atoms with Crippen LogP contribution in [0.5, 0.6) is 0 Å². The smallest absolute Gasteiger partial charge is 0.252 e. The molecular weight excluding hydrogens is 242 g/mol. The third-order valence-electron chi connectivity index (χ3n) is 3.32. The van der Waals surface area contributed by atoms with Gasteiger partial charge < -0.3 is 15.0 Å². The van der Waals surface area contributed by atoms with Crippen molar-refractivity contribution in [3.63, 3.8) is 0 Å². The first-order valence-electron chi connectivity index (χ1n) is 6.84. The molecule has 5 nitrogen and oxygen atoms in total. The summed E-state index contributed by atoms with van der Waals surface area (Å²) in [5, 5.41) is 3.28. The van der Waals surface area contributed by atoms with Crippen LogP contribution in [0, 0.1) is 0 Å². The topological polar surface area (TPSA) is 54.5 Å². The number of aromatic nitrogens is 1. The lowest BCUT2D eigenvalue weighted by atomic mass is 10.1. The molecule has 0 bridgehead atoms. The molecule has 1 N–H and O–H groups in total. The van der Waals surface area contributed by atoms with Gasteiger partial charge in [0.05, 0.1) is 6.10 Å². The van der Waals surface area contributed by atoms with Gasteiger partial charge in [-0.15, -0.1) is 0 Å². The van der Waals surface area contributed by atoms with Crippen LogP contribution in [0.1, 0.15) is 19.8 Å². The van der Waals surface area contributed by atoms with Crippen molar-refractivity contribution in [3.05, 3.63) is 24.5 Å². The van der Waals surface area contributed by atoms with E-state index in [-0.39, 0.29) is 18.6 Å². The Labute approximate surface area is 114 Å². The normalized spacial score (nSPS) is 16.3. The Morgan fingerprint density at radius 1 is 1.42 bits per heavy atom. The van der Waals surface area contributed by atoms with Crippen LogP contribution in [0.15, 0.2) is 24.5 Å². The molecule has 0 saturated carbocycles. The van der Waals surface area contributed by atoms with Crippen LogP contribution >= 0.6 is 0 Å². The molecule has 2 rings (SSSR count). The Kier molecular flexibility index (Phi) is 5.30. The zero-order valence-electron chi connectivity index (χ0n) is 11.3. The fourth-order valence-corrected chi connectivity index (χ4v) is 2.26. The minimum atomic E-state index is 0.00670. The number of pyridine rings is 1. The van der Waals surface area contributed by atoms with Crippen LogP contribution < -0.4 is 10.2 Å². The van der Waals surface area contributed by atoms with Crippen molar-refractivity contribution < 1.29 is 9.53 Å². The number of ether oxygens (including phenoxy) is 1. The number of anilines is 1. The molecule has 1 aromatic rings. The predicted molar refractivity (Wildman–Crippen MR) is 74.1 cm³/mol. The number of rotatable bonds is 5. The monoisotopic (exact) mass is 263 g/mol. The second kappa shape index (κ2) is 7.21. The quantitative estimate of drug-likeness (QED) is 0.867. The third-order valence-corrected chi connectivity index (χ3v) is 3.32. The Hall–Kier alpha value is -1.46. The van der Waals surface area contributed by atoms with Gasteiger partial charge in [0.25, 0.3) is 5.91 Å². The SMILES string of the molecule is CCN(C(=O)COC1CCNCC1)c1ccncc1. The molecule has 2 heterocycles.